The zero-order valence-corrected chi connectivity index (χ0v) is 10.5. The summed E-state index contributed by atoms with van der Waals surface area (Å²) in [5, 5.41) is 3.93. The standard InChI is InChI=1S/C12H12BrNO2/c1-8(15)16-14-12-10-5-3-2-4-9(10)6-7-11(12)13/h2-5,11H,6-7H2,1H3/b14-12-. The summed E-state index contributed by atoms with van der Waals surface area (Å²) in [6.45, 7) is 1.35. The Morgan fingerprint density at radius 2 is 2.25 bits per heavy atom. The summed E-state index contributed by atoms with van der Waals surface area (Å²) in [5.41, 5.74) is 3.12. The number of carbonyl (C=O) groups is 1. The van der Waals surface area contributed by atoms with Crippen molar-refractivity contribution in [1.82, 2.24) is 0 Å². The van der Waals surface area contributed by atoms with Crippen molar-refractivity contribution in [2.24, 2.45) is 5.16 Å². The van der Waals surface area contributed by atoms with Crippen molar-refractivity contribution >= 4 is 27.6 Å². The third-order valence-corrected chi connectivity index (χ3v) is 3.42. The number of halogens is 1. The molecular weight excluding hydrogens is 270 g/mol. The summed E-state index contributed by atoms with van der Waals surface area (Å²) >= 11 is 3.55. The molecule has 3 nitrogen and oxygen atoms in total. The van der Waals surface area contributed by atoms with E-state index in [0.717, 1.165) is 24.1 Å². The maximum Gasteiger partial charge on any atom is 0.331 e. The van der Waals surface area contributed by atoms with Crippen LogP contribution in [-0.4, -0.2) is 16.5 Å². The average Bonchev–Trinajstić information content (AvgIpc) is 2.27. The summed E-state index contributed by atoms with van der Waals surface area (Å²) in [6.07, 6.45) is 1.99. The lowest BCUT2D eigenvalue weighted by Gasteiger charge is -2.21. The highest BCUT2D eigenvalue weighted by atomic mass is 79.9. The van der Waals surface area contributed by atoms with Gasteiger partial charge in [-0.1, -0.05) is 45.4 Å². The van der Waals surface area contributed by atoms with Gasteiger partial charge in [-0.3, -0.25) is 0 Å². The first kappa shape index (κ1) is 11.3. The van der Waals surface area contributed by atoms with Gasteiger partial charge in [0.05, 0.1) is 4.83 Å². The van der Waals surface area contributed by atoms with Gasteiger partial charge in [0.2, 0.25) is 0 Å². The summed E-state index contributed by atoms with van der Waals surface area (Å²) in [4.78, 5) is 15.6. The van der Waals surface area contributed by atoms with Gasteiger partial charge in [-0.05, 0) is 18.4 Å². The number of nitrogens with zero attached hydrogens (tertiary/aromatic N) is 1. The van der Waals surface area contributed by atoms with E-state index in [0.29, 0.717) is 0 Å². The van der Waals surface area contributed by atoms with Crippen molar-refractivity contribution in [1.29, 1.82) is 0 Å². The topological polar surface area (TPSA) is 38.7 Å². The number of hydrogen-bond acceptors (Lipinski definition) is 3. The number of hydrogen-bond donors (Lipinski definition) is 0. The minimum absolute atomic E-state index is 0.154. The first-order valence-electron chi connectivity index (χ1n) is 5.16. The van der Waals surface area contributed by atoms with Crippen molar-refractivity contribution in [2.75, 3.05) is 0 Å². The number of rotatable bonds is 1. The van der Waals surface area contributed by atoms with Crippen LogP contribution in [0.5, 0.6) is 0 Å². The van der Waals surface area contributed by atoms with Crippen LogP contribution in [0.4, 0.5) is 0 Å². The molecule has 0 N–H and O–H groups in total. The van der Waals surface area contributed by atoms with E-state index in [-0.39, 0.29) is 4.83 Å². The van der Waals surface area contributed by atoms with E-state index >= 15 is 0 Å². The van der Waals surface area contributed by atoms with Gasteiger partial charge in [-0.25, -0.2) is 4.79 Å². The zero-order chi connectivity index (χ0) is 11.5. The molecule has 1 aliphatic rings. The second kappa shape index (κ2) is 4.78. The lowest BCUT2D eigenvalue weighted by molar-refractivity contribution is -0.140. The van der Waals surface area contributed by atoms with Crippen LogP contribution >= 0.6 is 15.9 Å². The highest BCUT2D eigenvalue weighted by molar-refractivity contribution is 9.10. The Morgan fingerprint density at radius 3 is 3.00 bits per heavy atom. The van der Waals surface area contributed by atoms with Gasteiger partial charge >= 0.3 is 5.97 Å². The first-order valence-corrected chi connectivity index (χ1v) is 6.08. The van der Waals surface area contributed by atoms with Crippen LogP contribution in [0.3, 0.4) is 0 Å². The van der Waals surface area contributed by atoms with Crippen molar-refractivity contribution < 1.29 is 9.63 Å². The molecule has 1 aliphatic carbocycles. The van der Waals surface area contributed by atoms with E-state index in [2.05, 4.69) is 27.2 Å². The van der Waals surface area contributed by atoms with Crippen molar-refractivity contribution in [3.8, 4) is 0 Å². The number of aryl methyl sites for hydroxylation is 1. The highest BCUT2D eigenvalue weighted by Crippen LogP contribution is 2.26. The fourth-order valence-corrected chi connectivity index (χ4v) is 2.35. The number of benzene rings is 1. The SMILES string of the molecule is CC(=O)O/N=C1/c2ccccc2CCC1Br. The van der Waals surface area contributed by atoms with Gasteiger partial charge in [0.1, 0.15) is 5.71 Å². The largest absolute Gasteiger partial charge is 0.331 e. The fourth-order valence-electron chi connectivity index (χ4n) is 1.80. The van der Waals surface area contributed by atoms with E-state index in [1.807, 2.05) is 18.2 Å². The molecule has 0 saturated heterocycles. The van der Waals surface area contributed by atoms with Gasteiger partial charge in [-0.2, -0.15) is 0 Å². The molecule has 1 aromatic rings. The van der Waals surface area contributed by atoms with Crippen LogP contribution < -0.4 is 0 Å². The molecule has 1 atom stereocenters. The van der Waals surface area contributed by atoms with Crippen molar-refractivity contribution in [2.45, 2.75) is 24.6 Å². The van der Waals surface area contributed by atoms with E-state index in [1.54, 1.807) is 0 Å². The molecule has 16 heavy (non-hydrogen) atoms. The molecule has 4 heteroatoms. The van der Waals surface area contributed by atoms with Crippen LogP contribution in [0.25, 0.3) is 0 Å². The van der Waals surface area contributed by atoms with Crippen LogP contribution in [-0.2, 0) is 16.1 Å². The second-order valence-corrected chi connectivity index (χ2v) is 4.83. The maximum absolute atomic E-state index is 10.8. The van der Waals surface area contributed by atoms with Gasteiger partial charge in [0.15, 0.2) is 0 Å². The van der Waals surface area contributed by atoms with Gasteiger partial charge in [-0.15, -0.1) is 0 Å². The molecule has 1 unspecified atom stereocenters. The quantitative estimate of drug-likeness (QED) is 0.451. The molecule has 84 valence electrons. The van der Waals surface area contributed by atoms with Crippen LogP contribution in [0.15, 0.2) is 29.4 Å². The molecule has 1 aromatic carbocycles. The van der Waals surface area contributed by atoms with Crippen LogP contribution in [0, 0.1) is 0 Å². The zero-order valence-electron chi connectivity index (χ0n) is 8.94. The molecule has 0 heterocycles. The molecule has 0 spiro atoms. The lowest BCUT2D eigenvalue weighted by atomic mass is 9.90. The number of fused-ring (bicyclic) bond motifs is 1. The number of alkyl halides is 1. The Morgan fingerprint density at radius 1 is 1.50 bits per heavy atom. The smallest absolute Gasteiger partial charge is 0.318 e. The Bertz CT molecular complexity index is 442. The molecule has 0 aromatic heterocycles. The lowest BCUT2D eigenvalue weighted by Crippen LogP contribution is -2.24. The molecule has 0 amide bonds. The molecule has 0 fully saturated rings. The molecule has 0 bridgehead atoms. The Balaban J connectivity index is 2.36. The molecule has 0 saturated carbocycles. The minimum atomic E-state index is -0.393. The molecular formula is C12H12BrNO2. The maximum atomic E-state index is 10.8. The minimum Gasteiger partial charge on any atom is -0.318 e. The van der Waals surface area contributed by atoms with E-state index in [9.17, 15) is 4.79 Å². The molecule has 0 radical (unpaired) electrons. The third kappa shape index (κ3) is 2.32. The Hall–Kier alpha value is -1.16. The van der Waals surface area contributed by atoms with Crippen LogP contribution in [0.1, 0.15) is 24.5 Å². The Kier molecular flexibility index (Phi) is 3.39. The van der Waals surface area contributed by atoms with E-state index in [4.69, 9.17) is 4.84 Å². The monoisotopic (exact) mass is 281 g/mol. The molecule has 2 rings (SSSR count). The summed E-state index contributed by atoms with van der Waals surface area (Å²) < 4.78 is 0. The first-order chi connectivity index (χ1) is 7.68. The second-order valence-electron chi connectivity index (χ2n) is 3.72. The number of carbonyl (C=O) groups excluding carboxylic acids is 1. The van der Waals surface area contributed by atoms with E-state index < -0.39 is 5.97 Å². The normalized spacial score (nSPS) is 21.6. The fraction of sp³-hybridized carbons (Fsp3) is 0.333. The third-order valence-electron chi connectivity index (χ3n) is 2.53. The van der Waals surface area contributed by atoms with Gasteiger partial charge in [0.25, 0.3) is 0 Å². The van der Waals surface area contributed by atoms with Crippen molar-refractivity contribution in [3.63, 3.8) is 0 Å². The van der Waals surface area contributed by atoms with Gasteiger partial charge < -0.3 is 4.84 Å². The summed E-state index contributed by atoms with van der Waals surface area (Å²) in [5.74, 6) is -0.393. The predicted molar refractivity (Wildman–Crippen MR) is 65.8 cm³/mol. The van der Waals surface area contributed by atoms with Crippen LogP contribution in [0.2, 0.25) is 0 Å². The average molecular weight is 282 g/mol. The Labute approximate surface area is 103 Å². The van der Waals surface area contributed by atoms with Gasteiger partial charge in [0, 0.05) is 12.5 Å². The summed E-state index contributed by atoms with van der Waals surface area (Å²) in [6, 6.07) is 8.06. The summed E-state index contributed by atoms with van der Waals surface area (Å²) in [7, 11) is 0. The molecule has 0 aliphatic heterocycles. The van der Waals surface area contributed by atoms with Crippen molar-refractivity contribution in [3.05, 3.63) is 35.4 Å². The number of oxime groups is 1. The van der Waals surface area contributed by atoms with E-state index in [1.165, 1.54) is 12.5 Å². The predicted octanol–water partition coefficient (Wildman–Crippen LogP) is 2.66. The highest BCUT2D eigenvalue weighted by Gasteiger charge is 2.23.